The van der Waals surface area contributed by atoms with Gasteiger partial charge in [-0.2, -0.15) is 0 Å². The molecule has 5 heterocycles. The number of carboxylic acids is 1. The van der Waals surface area contributed by atoms with Crippen molar-refractivity contribution in [1.82, 2.24) is 14.5 Å². The number of anilines is 2. The first-order valence-corrected chi connectivity index (χ1v) is 11.6. The Morgan fingerprint density at radius 2 is 2.19 bits per heavy atom. The molecule has 0 unspecified atom stereocenters. The molecule has 168 valence electrons. The molecule has 0 aliphatic carbocycles. The Labute approximate surface area is 192 Å². The lowest BCUT2D eigenvalue weighted by molar-refractivity contribution is 0.0691. The average Bonchev–Trinajstić information content (AvgIpc) is 3.11. The number of rotatable bonds is 4. The smallest absolute Gasteiger partial charge is 0.356 e. The van der Waals surface area contributed by atoms with Gasteiger partial charge in [-0.15, -0.1) is 11.3 Å². The number of aromatic nitrogens is 3. The van der Waals surface area contributed by atoms with E-state index in [4.69, 9.17) is 21.3 Å². The summed E-state index contributed by atoms with van der Waals surface area (Å²) in [7, 11) is 0. The van der Waals surface area contributed by atoms with Crippen LogP contribution in [0.25, 0.3) is 10.2 Å². The third-order valence-electron chi connectivity index (χ3n) is 6.04. The van der Waals surface area contributed by atoms with E-state index in [-0.39, 0.29) is 28.5 Å². The third-order valence-corrected chi connectivity index (χ3v) is 7.35. The number of thiophene rings is 1. The molecule has 2 aliphatic rings. The highest BCUT2D eigenvalue weighted by Gasteiger charge is 2.33. The molecule has 2 atom stereocenters. The molecule has 2 aliphatic heterocycles. The van der Waals surface area contributed by atoms with E-state index in [9.17, 15) is 14.7 Å². The summed E-state index contributed by atoms with van der Waals surface area (Å²) >= 11 is 7.31. The fourth-order valence-electron chi connectivity index (χ4n) is 4.56. The second kappa shape index (κ2) is 8.02. The van der Waals surface area contributed by atoms with Crippen LogP contribution >= 0.6 is 22.9 Å². The van der Waals surface area contributed by atoms with Gasteiger partial charge < -0.3 is 20.1 Å². The van der Waals surface area contributed by atoms with Gasteiger partial charge in [0.1, 0.15) is 9.85 Å². The summed E-state index contributed by atoms with van der Waals surface area (Å²) < 4.78 is 8.01. The van der Waals surface area contributed by atoms with Crippen molar-refractivity contribution in [2.45, 2.75) is 38.9 Å². The van der Waals surface area contributed by atoms with Gasteiger partial charge in [0.15, 0.2) is 5.69 Å². The molecule has 0 spiro atoms. The number of aromatic carboxylic acids is 1. The normalized spacial score (nSPS) is 18.8. The first kappa shape index (κ1) is 21.2. The van der Waals surface area contributed by atoms with Crippen LogP contribution in [0.4, 0.5) is 11.6 Å². The molecule has 0 amide bonds. The molecular formula is C21H22ClN5O4S. The fourth-order valence-corrected chi connectivity index (χ4v) is 5.85. The van der Waals surface area contributed by atoms with Crippen molar-refractivity contribution in [3.8, 4) is 0 Å². The van der Waals surface area contributed by atoms with Gasteiger partial charge in [0.25, 0.3) is 5.56 Å². The highest BCUT2D eigenvalue weighted by Crippen LogP contribution is 2.36. The van der Waals surface area contributed by atoms with Gasteiger partial charge in [-0.05, 0) is 32.4 Å². The van der Waals surface area contributed by atoms with Crippen LogP contribution < -0.4 is 15.8 Å². The Kier molecular flexibility index (Phi) is 5.31. The molecule has 1 fully saturated rings. The Balaban J connectivity index is 1.59. The van der Waals surface area contributed by atoms with Gasteiger partial charge in [0.2, 0.25) is 5.95 Å². The van der Waals surface area contributed by atoms with Crippen molar-refractivity contribution < 1.29 is 14.6 Å². The zero-order valence-corrected chi connectivity index (χ0v) is 19.2. The molecule has 3 aromatic heterocycles. The second-order valence-electron chi connectivity index (χ2n) is 8.03. The van der Waals surface area contributed by atoms with E-state index in [2.05, 4.69) is 15.2 Å². The molecule has 2 N–H and O–H groups in total. The first-order valence-electron chi connectivity index (χ1n) is 10.4. The SMILES string of the molecule is Cc1sc2c(=O)n3c(nc2c1[C@@H](C)Nc1ccc(Cl)nc1C(=O)O)N1CCOC[C@@H]1CC3. The highest BCUT2D eigenvalue weighted by atomic mass is 35.5. The van der Waals surface area contributed by atoms with E-state index in [0.717, 1.165) is 16.9 Å². The summed E-state index contributed by atoms with van der Waals surface area (Å²) in [6.07, 6.45) is 0.858. The van der Waals surface area contributed by atoms with Crippen LogP contribution in [0.3, 0.4) is 0 Å². The first-order chi connectivity index (χ1) is 15.3. The van der Waals surface area contributed by atoms with Crippen molar-refractivity contribution in [2.75, 3.05) is 30.0 Å². The minimum Gasteiger partial charge on any atom is -0.476 e. The molecule has 1 saturated heterocycles. The summed E-state index contributed by atoms with van der Waals surface area (Å²) in [4.78, 5) is 37.0. The molecule has 0 saturated carbocycles. The minimum atomic E-state index is -1.17. The van der Waals surface area contributed by atoms with Gasteiger partial charge in [-0.1, -0.05) is 11.6 Å². The zero-order chi connectivity index (χ0) is 22.6. The monoisotopic (exact) mass is 475 g/mol. The van der Waals surface area contributed by atoms with Crippen LogP contribution in [-0.4, -0.2) is 51.4 Å². The third kappa shape index (κ3) is 3.42. The van der Waals surface area contributed by atoms with Gasteiger partial charge in [0.05, 0.1) is 36.5 Å². The number of nitrogens with zero attached hydrogens (tertiary/aromatic N) is 4. The van der Waals surface area contributed by atoms with Crippen LogP contribution in [0.15, 0.2) is 16.9 Å². The zero-order valence-electron chi connectivity index (χ0n) is 17.6. The Morgan fingerprint density at radius 1 is 1.38 bits per heavy atom. The van der Waals surface area contributed by atoms with E-state index < -0.39 is 5.97 Å². The molecule has 5 rings (SSSR count). The van der Waals surface area contributed by atoms with Crippen molar-refractivity contribution >= 4 is 50.8 Å². The van der Waals surface area contributed by atoms with Crippen molar-refractivity contribution in [3.63, 3.8) is 0 Å². The number of ether oxygens (including phenoxy) is 1. The summed E-state index contributed by atoms with van der Waals surface area (Å²) in [5.74, 6) is -0.481. The van der Waals surface area contributed by atoms with E-state index in [1.807, 2.05) is 13.8 Å². The summed E-state index contributed by atoms with van der Waals surface area (Å²) in [6, 6.07) is 3.07. The number of pyridine rings is 1. The molecular weight excluding hydrogens is 454 g/mol. The quantitative estimate of drug-likeness (QED) is 0.553. The van der Waals surface area contributed by atoms with Gasteiger partial charge in [-0.25, -0.2) is 14.8 Å². The molecule has 0 bridgehead atoms. The fraction of sp³-hybridized carbons (Fsp3) is 0.429. The number of aryl methyl sites for hydroxylation is 1. The molecule has 11 heteroatoms. The molecule has 32 heavy (non-hydrogen) atoms. The second-order valence-corrected chi connectivity index (χ2v) is 9.64. The lowest BCUT2D eigenvalue weighted by Crippen LogP contribution is -2.51. The predicted octanol–water partition coefficient (Wildman–Crippen LogP) is 3.30. The van der Waals surface area contributed by atoms with E-state index in [0.29, 0.717) is 48.2 Å². The highest BCUT2D eigenvalue weighted by molar-refractivity contribution is 7.19. The van der Waals surface area contributed by atoms with E-state index in [1.54, 1.807) is 16.7 Å². The van der Waals surface area contributed by atoms with Crippen molar-refractivity contribution in [3.05, 3.63) is 43.8 Å². The van der Waals surface area contributed by atoms with Crippen LogP contribution in [0, 0.1) is 6.92 Å². The maximum atomic E-state index is 13.3. The minimum absolute atomic E-state index is 0.0270. The lowest BCUT2D eigenvalue weighted by atomic mass is 10.1. The van der Waals surface area contributed by atoms with Crippen LogP contribution in [0.5, 0.6) is 0 Å². The van der Waals surface area contributed by atoms with E-state index in [1.165, 1.54) is 11.3 Å². The van der Waals surface area contributed by atoms with Crippen LogP contribution in [0.2, 0.25) is 5.15 Å². The predicted molar refractivity (Wildman–Crippen MR) is 123 cm³/mol. The summed E-state index contributed by atoms with van der Waals surface area (Å²) in [5, 5.41) is 12.9. The van der Waals surface area contributed by atoms with Crippen LogP contribution in [0.1, 0.15) is 40.3 Å². The number of nitrogens with one attached hydrogen (secondary N) is 1. The number of hydrogen-bond donors (Lipinski definition) is 2. The number of carboxylic acid groups (broad SMARTS) is 1. The molecule has 0 aromatic carbocycles. The Hall–Kier alpha value is -2.69. The summed E-state index contributed by atoms with van der Waals surface area (Å²) in [6.45, 7) is 6.46. The standard InChI is InChI=1S/C21H22ClN5O4S/c1-10(23-13-3-4-14(22)24-16(13)20(29)30)15-11(2)32-18-17(15)25-21-26-7-8-31-9-12(26)5-6-27(21)19(18)28/h3-4,10,12,23H,5-9H2,1-2H3,(H,29,30)/t10-,12+/m1/s1. The number of hydrogen-bond acceptors (Lipinski definition) is 8. The molecule has 9 nitrogen and oxygen atoms in total. The van der Waals surface area contributed by atoms with Crippen molar-refractivity contribution in [2.24, 2.45) is 0 Å². The number of fused-ring (bicyclic) bond motifs is 4. The summed E-state index contributed by atoms with van der Waals surface area (Å²) in [5.41, 5.74) is 1.72. The van der Waals surface area contributed by atoms with E-state index >= 15 is 0 Å². The number of morpholine rings is 1. The lowest BCUT2D eigenvalue weighted by Gasteiger charge is -2.40. The Morgan fingerprint density at radius 3 is 2.97 bits per heavy atom. The Bertz CT molecular complexity index is 1290. The number of halogens is 1. The molecule has 0 radical (unpaired) electrons. The van der Waals surface area contributed by atoms with Gasteiger partial charge >= 0.3 is 5.97 Å². The van der Waals surface area contributed by atoms with Crippen molar-refractivity contribution in [1.29, 1.82) is 0 Å². The maximum absolute atomic E-state index is 13.3. The topological polar surface area (TPSA) is 110 Å². The average molecular weight is 476 g/mol. The largest absolute Gasteiger partial charge is 0.476 e. The number of carbonyl (C=O) groups is 1. The van der Waals surface area contributed by atoms with Gasteiger partial charge in [-0.3, -0.25) is 9.36 Å². The molecule has 3 aromatic rings. The van der Waals surface area contributed by atoms with Gasteiger partial charge in [0, 0.05) is 23.5 Å². The van der Waals surface area contributed by atoms with Crippen LogP contribution in [-0.2, 0) is 11.3 Å². The maximum Gasteiger partial charge on any atom is 0.356 e.